The van der Waals surface area contributed by atoms with Crippen molar-refractivity contribution in [2.24, 2.45) is 5.41 Å². The average Bonchev–Trinajstić information content (AvgIpc) is 2.92. The van der Waals surface area contributed by atoms with Gasteiger partial charge in [-0.2, -0.15) is 0 Å². The van der Waals surface area contributed by atoms with Gasteiger partial charge in [-0.05, 0) is 61.8 Å². The Morgan fingerprint density at radius 1 is 1.33 bits per heavy atom. The van der Waals surface area contributed by atoms with Crippen molar-refractivity contribution in [3.05, 3.63) is 35.1 Å². The summed E-state index contributed by atoms with van der Waals surface area (Å²) in [5, 5.41) is 10.2. The number of halogens is 1. The Balaban J connectivity index is 1.87. The SMILES string of the molecule is CCC1(CC)CCN(CCC(O)c2ccc(C)c(F)c2)C1. The molecule has 3 heteroatoms. The van der Waals surface area contributed by atoms with Gasteiger partial charge in [0.2, 0.25) is 0 Å². The number of hydrogen-bond donors (Lipinski definition) is 1. The average molecular weight is 293 g/mol. The number of likely N-dealkylation sites (tertiary alicyclic amines) is 1. The van der Waals surface area contributed by atoms with E-state index in [1.165, 1.54) is 25.3 Å². The molecule has 0 spiro atoms. The standard InChI is InChI=1S/C18H28FNO/c1-4-18(5-2)9-11-20(13-18)10-8-17(21)15-7-6-14(3)16(19)12-15/h6-7,12,17,21H,4-5,8-11,13H2,1-3H3. The fourth-order valence-corrected chi connectivity index (χ4v) is 3.33. The van der Waals surface area contributed by atoms with Crippen molar-refractivity contribution in [2.45, 2.75) is 52.6 Å². The fourth-order valence-electron chi connectivity index (χ4n) is 3.33. The van der Waals surface area contributed by atoms with Crippen molar-refractivity contribution in [1.82, 2.24) is 4.90 Å². The molecule has 0 saturated carbocycles. The number of hydrogen-bond acceptors (Lipinski definition) is 2. The van der Waals surface area contributed by atoms with Gasteiger partial charge in [0, 0.05) is 13.1 Å². The molecule has 0 aromatic heterocycles. The minimum Gasteiger partial charge on any atom is -0.388 e. The summed E-state index contributed by atoms with van der Waals surface area (Å²) in [6, 6.07) is 5.03. The lowest BCUT2D eigenvalue weighted by molar-refractivity contribution is 0.143. The molecule has 2 rings (SSSR count). The van der Waals surface area contributed by atoms with Gasteiger partial charge >= 0.3 is 0 Å². The summed E-state index contributed by atoms with van der Waals surface area (Å²) < 4.78 is 13.6. The van der Waals surface area contributed by atoms with Gasteiger partial charge in [0.05, 0.1) is 6.10 Å². The van der Waals surface area contributed by atoms with Crippen molar-refractivity contribution in [3.8, 4) is 0 Å². The van der Waals surface area contributed by atoms with Gasteiger partial charge in [-0.15, -0.1) is 0 Å². The molecule has 0 amide bonds. The highest BCUT2D eigenvalue weighted by Gasteiger charge is 2.34. The summed E-state index contributed by atoms with van der Waals surface area (Å²) in [6.45, 7) is 9.43. The van der Waals surface area contributed by atoms with E-state index in [0.717, 1.165) is 19.6 Å². The highest BCUT2D eigenvalue weighted by molar-refractivity contribution is 5.24. The zero-order valence-electron chi connectivity index (χ0n) is 13.5. The van der Waals surface area contributed by atoms with Crippen LogP contribution in [0.1, 0.15) is 56.8 Å². The van der Waals surface area contributed by atoms with E-state index in [-0.39, 0.29) is 5.82 Å². The van der Waals surface area contributed by atoms with Gasteiger partial charge in [-0.3, -0.25) is 0 Å². The number of rotatable bonds is 6. The smallest absolute Gasteiger partial charge is 0.126 e. The highest BCUT2D eigenvalue weighted by atomic mass is 19.1. The van der Waals surface area contributed by atoms with Crippen molar-refractivity contribution < 1.29 is 9.50 Å². The molecular weight excluding hydrogens is 265 g/mol. The van der Waals surface area contributed by atoms with Crippen LogP contribution in [-0.4, -0.2) is 29.6 Å². The molecule has 1 heterocycles. The van der Waals surface area contributed by atoms with Crippen LogP contribution in [0, 0.1) is 18.2 Å². The van der Waals surface area contributed by atoms with Crippen molar-refractivity contribution in [3.63, 3.8) is 0 Å². The molecule has 1 aliphatic heterocycles. The molecule has 1 aromatic rings. The maximum absolute atomic E-state index is 13.6. The molecule has 1 aromatic carbocycles. The predicted octanol–water partition coefficient (Wildman–Crippen LogP) is 4.07. The molecule has 2 nitrogen and oxygen atoms in total. The summed E-state index contributed by atoms with van der Waals surface area (Å²) in [6.07, 6.45) is 3.82. The van der Waals surface area contributed by atoms with E-state index >= 15 is 0 Å². The molecule has 1 N–H and O–H groups in total. The molecular formula is C18H28FNO. The van der Waals surface area contributed by atoms with E-state index in [0.29, 0.717) is 23.0 Å². The third-order valence-electron chi connectivity index (χ3n) is 5.32. The molecule has 21 heavy (non-hydrogen) atoms. The molecule has 1 unspecified atom stereocenters. The lowest BCUT2D eigenvalue weighted by Crippen LogP contribution is -2.28. The highest BCUT2D eigenvalue weighted by Crippen LogP contribution is 2.37. The van der Waals surface area contributed by atoms with E-state index in [9.17, 15) is 9.50 Å². The first-order chi connectivity index (χ1) is 9.99. The quantitative estimate of drug-likeness (QED) is 0.854. The Morgan fingerprint density at radius 2 is 2.05 bits per heavy atom. The van der Waals surface area contributed by atoms with Crippen LogP contribution in [0.4, 0.5) is 4.39 Å². The number of aryl methyl sites for hydroxylation is 1. The third-order valence-corrected chi connectivity index (χ3v) is 5.32. The van der Waals surface area contributed by atoms with Crippen molar-refractivity contribution >= 4 is 0 Å². The van der Waals surface area contributed by atoms with Crippen LogP contribution < -0.4 is 0 Å². The summed E-state index contributed by atoms with van der Waals surface area (Å²) in [4.78, 5) is 2.45. The monoisotopic (exact) mass is 293 g/mol. The summed E-state index contributed by atoms with van der Waals surface area (Å²) in [7, 11) is 0. The number of aliphatic hydroxyl groups excluding tert-OH is 1. The molecule has 0 aliphatic carbocycles. The predicted molar refractivity (Wildman–Crippen MR) is 84.8 cm³/mol. The van der Waals surface area contributed by atoms with E-state index in [1.54, 1.807) is 13.0 Å². The minimum atomic E-state index is -0.571. The Labute approximate surface area is 128 Å². The number of nitrogens with zero attached hydrogens (tertiary/aromatic N) is 1. The molecule has 0 bridgehead atoms. The molecule has 0 radical (unpaired) electrons. The van der Waals surface area contributed by atoms with Gasteiger partial charge in [-0.25, -0.2) is 4.39 Å². The van der Waals surface area contributed by atoms with Crippen LogP contribution in [0.5, 0.6) is 0 Å². The fraction of sp³-hybridized carbons (Fsp3) is 0.667. The molecule has 118 valence electrons. The zero-order valence-corrected chi connectivity index (χ0v) is 13.5. The van der Waals surface area contributed by atoms with Crippen LogP contribution in [-0.2, 0) is 0 Å². The molecule has 1 atom stereocenters. The Bertz CT molecular complexity index is 470. The van der Waals surface area contributed by atoms with Crippen molar-refractivity contribution in [2.75, 3.05) is 19.6 Å². The lowest BCUT2D eigenvalue weighted by atomic mass is 9.82. The third kappa shape index (κ3) is 3.83. The normalized spacial score (nSPS) is 19.9. The van der Waals surface area contributed by atoms with Gasteiger partial charge < -0.3 is 10.0 Å². The van der Waals surface area contributed by atoms with Crippen molar-refractivity contribution in [1.29, 1.82) is 0 Å². The summed E-state index contributed by atoms with van der Waals surface area (Å²) >= 11 is 0. The molecule has 1 fully saturated rings. The molecule has 1 aliphatic rings. The van der Waals surface area contributed by atoms with E-state index in [4.69, 9.17) is 0 Å². The number of aliphatic hydroxyl groups is 1. The minimum absolute atomic E-state index is 0.233. The first-order valence-electron chi connectivity index (χ1n) is 8.16. The first-order valence-corrected chi connectivity index (χ1v) is 8.16. The maximum atomic E-state index is 13.6. The van der Waals surface area contributed by atoms with Crippen LogP contribution in [0.15, 0.2) is 18.2 Å². The maximum Gasteiger partial charge on any atom is 0.126 e. The molecule has 1 saturated heterocycles. The second-order valence-corrected chi connectivity index (χ2v) is 6.55. The topological polar surface area (TPSA) is 23.5 Å². The van der Waals surface area contributed by atoms with Gasteiger partial charge in [0.15, 0.2) is 0 Å². The second kappa shape index (κ2) is 6.89. The lowest BCUT2D eigenvalue weighted by Gasteiger charge is -2.26. The largest absolute Gasteiger partial charge is 0.388 e. The van der Waals surface area contributed by atoms with E-state index in [2.05, 4.69) is 18.7 Å². The van der Waals surface area contributed by atoms with Crippen LogP contribution >= 0.6 is 0 Å². The first kappa shape index (κ1) is 16.4. The van der Waals surface area contributed by atoms with Gasteiger partial charge in [0.25, 0.3) is 0 Å². The van der Waals surface area contributed by atoms with E-state index in [1.807, 2.05) is 6.07 Å². The second-order valence-electron chi connectivity index (χ2n) is 6.55. The summed E-state index contributed by atoms with van der Waals surface area (Å²) in [5.41, 5.74) is 1.79. The van der Waals surface area contributed by atoms with E-state index < -0.39 is 6.10 Å². The number of benzene rings is 1. The summed E-state index contributed by atoms with van der Waals surface area (Å²) in [5.74, 6) is -0.233. The Hall–Kier alpha value is -0.930. The Kier molecular flexibility index (Phi) is 5.39. The van der Waals surface area contributed by atoms with Gasteiger partial charge in [0.1, 0.15) is 5.82 Å². The van der Waals surface area contributed by atoms with Crippen LogP contribution in [0.25, 0.3) is 0 Å². The Morgan fingerprint density at radius 3 is 2.62 bits per heavy atom. The van der Waals surface area contributed by atoms with Gasteiger partial charge in [-0.1, -0.05) is 26.0 Å². The van der Waals surface area contributed by atoms with Crippen LogP contribution in [0.2, 0.25) is 0 Å². The van der Waals surface area contributed by atoms with Crippen LogP contribution in [0.3, 0.4) is 0 Å². The zero-order chi connectivity index (χ0) is 15.5.